The Bertz CT molecular complexity index is 832. The molecule has 1 atom stereocenters. The number of aromatic nitrogens is 2. The van der Waals surface area contributed by atoms with Crippen molar-refractivity contribution in [2.45, 2.75) is 20.0 Å². The summed E-state index contributed by atoms with van der Waals surface area (Å²) < 4.78 is 10.0. The van der Waals surface area contributed by atoms with Crippen LogP contribution in [0.5, 0.6) is 0 Å². The summed E-state index contributed by atoms with van der Waals surface area (Å²) in [6, 6.07) is 10.7. The summed E-state index contributed by atoms with van der Waals surface area (Å²) in [7, 11) is 0. The highest BCUT2D eigenvalue weighted by atomic mass is 16.5. The Labute approximate surface area is 131 Å². The van der Waals surface area contributed by atoms with E-state index in [2.05, 4.69) is 15.5 Å². The molecule has 0 saturated heterocycles. The zero-order valence-electron chi connectivity index (χ0n) is 12.6. The lowest BCUT2D eigenvalue weighted by Crippen LogP contribution is -2.30. The maximum absolute atomic E-state index is 12.1. The highest BCUT2D eigenvalue weighted by molar-refractivity contribution is 5.98. The maximum Gasteiger partial charge on any atom is 0.355 e. The number of fused-ring (bicyclic) bond motifs is 1. The van der Waals surface area contributed by atoms with Crippen molar-refractivity contribution in [2.75, 3.05) is 5.32 Å². The molecule has 7 nitrogen and oxygen atoms in total. The number of carbonyl (C=O) groups is 2. The number of carbonyl (C=O) groups excluding carboxylic acids is 2. The third-order valence-electron chi connectivity index (χ3n) is 3.28. The third kappa shape index (κ3) is 3.23. The molecule has 2 heterocycles. The minimum Gasteiger partial charge on any atom is -0.448 e. The lowest BCUT2D eigenvalue weighted by Gasteiger charge is -2.11. The van der Waals surface area contributed by atoms with Crippen LogP contribution in [0, 0.1) is 6.92 Å². The van der Waals surface area contributed by atoms with Gasteiger partial charge < -0.3 is 19.6 Å². The van der Waals surface area contributed by atoms with Gasteiger partial charge in [-0.05, 0) is 26.0 Å². The topological polar surface area (TPSA) is 97.2 Å². The van der Waals surface area contributed by atoms with Crippen LogP contribution >= 0.6 is 0 Å². The second kappa shape index (κ2) is 5.96. The average molecular weight is 313 g/mol. The van der Waals surface area contributed by atoms with E-state index in [-0.39, 0.29) is 5.82 Å². The fraction of sp³-hybridized carbons (Fsp3) is 0.188. The van der Waals surface area contributed by atoms with E-state index in [0.717, 1.165) is 10.9 Å². The predicted molar refractivity (Wildman–Crippen MR) is 83.0 cm³/mol. The van der Waals surface area contributed by atoms with Crippen molar-refractivity contribution >= 4 is 28.6 Å². The highest BCUT2D eigenvalue weighted by Crippen LogP contribution is 2.16. The lowest BCUT2D eigenvalue weighted by atomic mass is 10.2. The number of esters is 1. The number of H-pyrrole nitrogens is 1. The Kier molecular flexibility index (Phi) is 3.84. The van der Waals surface area contributed by atoms with Crippen molar-refractivity contribution in [3.63, 3.8) is 0 Å². The van der Waals surface area contributed by atoms with Crippen LogP contribution < -0.4 is 5.32 Å². The van der Waals surface area contributed by atoms with Gasteiger partial charge in [0.05, 0.1) is 0 Å². The van der Waals surface area contributed by atoms with Crippen molar-refractivity contribution in [1.29, 1.82) is 0 Å². The van der Waals surface area contributed by atoms with Gasteiger partial charge in [0.2, 0.25) is 0 Å². The molecule has 3 aromatic rings. The van der Waals surface area contributed by atoms with E-state index in [4.69, 9.17) is 9.26 Å². The van der Waals surface area contributed by atoms with Gasteiger partial charge in [0.15, 0.2) is 11.9 Å². The number of para-hydroxylation sites is 1. The van der Waals surface area contributed by atoms with E-state index < -0.39 is 18.0 Å². The molecule has 2 N–H and O–H groups in total. The van der Waals surface area contributed by atoms with Gasteiger partial charge in [0.1, 0.15) is 11.5 Å². The Morgan fingerprint density at radius 3 is 2.78 bits per heavy atom. The van der Waals surface area contributed by atoms with E-state index in [1.165, 1.54) is 6.92 Å². The average Bonchev–Trinajstić information content (AvgIpc) is 3.13. The van der Waals surface area contributed by atoms with Gasteiger partial charge in [0.25, 0.3) is 5.91 Å². The van der Waals surface area contributed by atoms with Crippen LogP contribution in [0.25, 0.3) is 10.9 Å². The van der Waals surface area contributed by atoms with Gasteiger partial charge in [-0.15, -0.1) is 0 Å². The number of benzene rings is 1. The molecule has 0 radical (unpaired) electrons. The number of aromatic amines is 1. The van der Waals surface area contributed by atoms with Crippen LogP contribution in [0.15, 0.2) is 40.9 Å². The van der Waals surface area contributed by atoms with E-state index in [1.807, 2.05) is 24.3 Å². The minimum atomic E-state index is -0.967. The molecule has 1 unspecified atom stereocenters. The van der Waals surface area contributed by atoms with Crippen molar-refractivity contribution in [2.24, 2.45) is 0 Å². The minimum absolute atomic E-state index is 0.279. The van der Waals surface area contributed by atoms with Gasteiger partial charge in [-0.1, -0.05) is 23.4 Å². The van der Waals surface area contributed by atoms with Crippen molar-refractivity contribution in [3.05, 3.63) is 47.9 Å². The second-order valence-corrected chi connectivity index (χ2v) is 5.13. The fourth-order valence-electron chi connectivity index (χ4n) is 2.11. The first-order valence-electron chi connectivity index (χ1n) is 7.06. The molecular formula is C16H15N3O4. The first kappa shape index (κ1) is 14.8. The zero-order chi connectivity index (χ0) is 16.4. The standard InChI is InChI=1S/C16H15N3O4/c1-9-7-14(19-23-9)18-15(20)10(2)22-16(21)13-8-11-5-3-4-6-12(11)17-13/h3-8,10,17H,1-2H3,(H,18,19,20). The number of hydrogen-bond donors (Lipinski definition) is 2. The number of aryl methyl sites for hydroxylation is 1. The summed E-state index contributed by atoms with van der Waals surface area (Å²) in [4.78, 5) is 27.1. The Morgan fingerprint density at radius 2 is 2.09 bits per heavy atom. The van der Waals surface area contributed by atoms with E-state index >= 15 is 0 Å². The van der Waals surface area contributed by atoms with Gasteiger partial charge in [-0.3, -0.25) is 4.79 Å². The molecule has 0 fully saturated rings. The molecule has 0 saturated carbocycles. The van der Waals surface area contributed by atoms with Crippen molar-refractivity contribution in [3.8, 4) is 0 Å². The largest absolute Gasteiger partial charge is 0.448 e. The molecule has 0 spiro atoms. The highest BCUT2D eigenvalue weighted by Gasteiger charge is 2.21. The van der Waals surface area contributed by atoms with E-state index in [0.29, 0.717) is 11.5 Å². The molecule has 0 bridgehead atoms. The zero-order valence-corrected chi connectivity index (χ0v) is 12.6. The molecular weight excluding hydrogens is 298 g/mol. The molecule has 1 amide bonds. The van der Waals surface area contributed by atoms with Crippen LogP contribution in [0.3, 0.4) is 0 Å². The molecule has 3 rings (SSSR count). The van der Waals surface area contributed by atoms with Gasteiger partial charge in [-0.25, -0.2) is 4.79 Å². The number of hydrogen-bond acceptors (Lipinski definition) is 5. The Morgan fingerprint density at radius 1 is 1.30 bits per heavy atom. The van der Waals surface area contributed by atoms with E-state index in [9.17, 15) is 9.59 Å². The quantitative estimate of drug-likeness (QED) is 0.722. The van der Waals surface area contributed by atoms with Crippen LogP contribution in [0.4, 0.5) is 5.82 Å². The normalized spacial score (nSPS) is 12.1. The summed E-state index contributed by atoms with van der Waals surface area (Å²) in [6.45, 7) is 3.20. The molecule has 0 aliphatic heterocycles. The first-order chi connectivity index (χ1) is 11.0. The van der Waals surface area contributed by atoms with E-state index in [1.54, 1.807) is 19.1 Å². The Balaban J connectivity index is 1.65. The first-order valence-corrected chi connectivity index (χ1v) is 7.06. The lowest BCUT2D eigenvalue weighted by molar-refractivity contribution is -0.123. The summed E-state index contributed by atoms with van der Waals surface area (Å²) in [5.41, 5.74) is 1.12. The van der Waals surface area contributed by atoms with Crippen LogP contribution in [-0.2, 0) is 9.53 Å². The number of nitrogens with zero attached hydrogens (tertiary/aromatic N) is 1. The smallest absolute Gasteiger partial charge is 0.355 e. The monoisotopic (exact) mass is 313 g/mol. The van der Waals surface area contributed by atoms with Crippen LogP contribution in [0.1, 0.15) is 23.2 Å². The van der Waals surface area contributed by atoms with Crippen molar-refractivity contribution in [1.82, 2.24) is 10.1 Å². The molecule has 0 aliphatic carbocycles. The number of rotatable bonds is 4. The third-order valence-corrected chi connectivity index (χ3v) is 3.28. The summed E-state index contributed by atoms with van der Waals surface area (Å²) in [5.74, 6) is -0.230. The maximum atomic E-state index is 12.1. The summed E-state index contributed by atoms with van der Waals surface area (Å²) in [6.07, 6.45) is -0.967. The molecule has 0 aliphatic rings. The number of amides is 1. The van der Waals surface area contributed by atoms with Crippen LogP contribution in [0.2, 0.25) is 0 Å². The number of nitrogens with one attached hydrogen (secondary N) is 2. The second-order valence-electron chi connectivity index (χ2n) is 5.13. The van der Waals surface area contributed by atoms with Crippen molar-refractivity contribution < 1.29 is 18.8 Å². The molecule has 118 valence electrons. The fourth-order valence-corrected chi connectivity index (χ4v) is 2.11. The molecule has 23 heavy (non-hydrogen) atoms. The molecule has 1 aromatic carbocycles. The number of anilines is 1. The van der Waals surface area contributed by atoms with Gasteiger partial charge in [0, 0.05) is 17.0 Å². The summed E-state index contributed by atoms with van der Waals surface area (Å²) in [5, 5.41) is 7.06. The Hall–Kier alpha value is -3.09. The van der Waals surface area contributed by atoms with Crippen LogP contribution in [-0.4, -0.2) is 28.1 Å². The number of ether oxygens (including phenoxy) is 1. The molecule has 7 heteroatoms. The SMILES string of the molecule is Cc1cc(NC(=O)C(C)OC(=O)c2cc3ccccc3[nH]2)no1. The summed E-state index contributed by atoms with van der Waals surface area (Å²) >= 11 is 0. The predicted octanol–water partition coefficient (Wildman–Crippen LogP) is 2.65. The van der Waals surface area contributed by atoms with Gasteiger partial charge in [-0.2, -0.15) is 0 Å². The molecule has 2 aromatic heterocycles. The van der Waals surface area contributed by atoms with Gasteiger partial charge >= 0.3 is 5.97 Å².